The molecule has 2 fully saturated rings. The fourth-order valence-electron chi connectivity index (χ4n) is 5.43. The molecule has 4 heterocycles. The summed E-state index contributed by atoms with van der Waals surface area (Å²) in [6.07, 6.45) is 5.40. The number of nitrogens with one attached hydrogen (secondary N) is 2. The summed E-state index contributed by atoms with van der Waals surface area (Å²) in [5, 5.41) is 29.7. The van der Waals surface area contributed by atoms with E-state index in [0.717, 1.165) is 63.2 Å². The summed E-state index contributed by atoms with van der Waals surface area (Å²) >= 11 is 0. The van der Waals surface area contributed by atoms with Crippen molar-refractivity contribution in [1.29, 1.82) is 5.26 Å². The summed E-state index contributed by atoms with van der Waals surface area (Å²) in [4.78, 5) is 20.2. The van der Waals surface area contributed by atoms with Crippen LogP contribution in [0.25, 0.3) is 16.9 Å². The summed E-state index contributed by atoms with van der Waals surface area (Å²) in [7, 11) is 0. The highest BCUT2D eigenvalue weighted by atomic mass is 19.1. The Morgan fingerprint density at radius 3 is 2.67 bits per heavy atom. The number of alkyl halides is 1. The second-order valence-corrected chi connectivity index (χ2v) is 11.2. The molecule has 1 amide bonds. The molecule has 2 aliphatic rings. The van der Waals surface area contributed by atoms with Crippen molar-refractivity contribution in [2.24, 2.45) is 0 Å². The first-order chi connectivity index (χ1) is 19.2. The molecule has 0 radical (unpaired) electrons. The molecule has 212 valence electrons. The molecule has 0 bridgehead atoms. The maximum atomic E-state index is 14.4. The van der Waals surface area contributed by atoms with Gasteiger partial charge in [-0.1, -0.05) is 0 Å². The quantitative estimate of drug-likeness (QED) is 0.391. The van der Waals surface area contributed by atoms with E-state index in [2.05, 4.69) is 31.7 Å². The minimum Gasteiger partial charge on any atom is -0.387 e. The topological polar surface area (TPSA) is 128 Å². The molecule has 40 heavy (non-hydrogen) atoms. The lowest BCUT2D eigenvalue weighted by atomic mass is 9.89. The van der Waals surface area contributed by atoms with E-state index in [1.54, 1.807) is 10.6 Å². The van der Waals surface area contributed by atoms with Gasteiger partial charge in [0.2, 0.25) is 0 Å². The molecule has 5 rings (SSSR count). The maximum absolute atomic E-state index is 14.4. The van der Waals surface area contributed by atoms with Crippen molar-refractivity contribution in [3.63, 3.8) is 0 Å². The van der Waals surface area contributed by atoms with E-state index in [4.69, 9.17) is 4.74 Å². The molecule has 3 N–H and O–H groups in total. The Labute approximate surface area is 233 Å². The first-order valence-electron chi connectivity index (χ1n) is 13.8. The predicted octanol–water partition coefficient (Wildman–Crippen LogP) is 3.16. The van der Waals surface area contributed by atoms with Crippen molar-refractivity contribution in [1.82, 2.24) is 24.8 Å². The molecule has 11 heteroatoms. The number of aliphatic hydroxyl groups is 1. The Balaban J connectivity index is 1.38. The Morgan fingerprint density at radius 2 is 1.98 bits per heavy atom. The third kappa shape index (κ3) is 6.25. The van der Waals surface area contributed by atoms with Gasteiger partial charge >= 0.3 is 0 Å². The zero-order chi connectivity index (χ0) is 28.3. The normalized spacial score (nSPS) is 21.1. The van der Waals surface area contributed by atoms with Crippen LogP contribution in [0.15, 0.2) is 36.7 Å². The lowest BCUT2D eigenvalue weighted by Crippen LogP contribution is -2.46. The molecule has 0 unspecified atom stereocenters. The minimum absolute atomic E-state index is 0.171. The third-order valence-electron chi connectivity index (χ3n) is 7.87. The van der Waals surface area contributed by atoms with Crippen LogP contribution in [0, 0.1) is 11.3 Å². The molecule has 1 aliphatic heterocycles. The first kappa shape index (κ1) is 28.0. The molecule has 0 spiro atoms. The van der Waals surface area contributed by atoms with E-state index in [-0.39, 0.29) is 12.6 Å². The number of pyridine rings is 1. The van der Waals surface area contributed by atoms with Gasteiger partial charge in [0.25, 0.3) is 5.91 Å². The first-order valence-corrected chi connectivity index (χ1v) is 13.8. The van der Waals surface area contributed by atoms with Gasteiger partial charge in [-0.25, -0.2) is 8.91 Å². The van der Waals surface area contributed by atoms with Crippen LogP contribution >= 0.6 is 0 Å². The van der Waals surface area contributed by atoms with Gasteiger partial charge in [-0.15, -0.1) is 0 Å². The number of fused-ring (bicyclic) bond motifs is 1. The molecular weight excluding hydrogens is 513 g/mol. The van der Waals surface area contributed by atoms with Crippen molar-refractivity contribution in [2.45, 2.75) is 63.4 Å². The number of anilines is 1. The SMILES string of the molecule is CC(C)(O)[C@H](F)CNC(=O)c1cnc(-c2ccc3cc(C#N)cnn23)cc1NC1CCC(N2CCOCC2)CC1. The van der Waals surface area contributed by atoms with E-state index in [1.807, 2.05) is 18.2 Å². The predicted molar refractivity (Wildman–Crippen MR) is 149 cm³/mol. The number of carbonyl (C=O) groups is 1. The number of amides is 1. The van der Waals surface area contributed by atoms with Crippen LogP contribution in [0.2, 0.25) is 0 Å². The summed E-state index contributed by atoms with van der Waals surface area (Å²) in [5.74, 6) is -0.466. The minimum atomic E-state index is -1.62. The number of carbonyl (C=O) groups excluding carboxylic acids is 1. The number of hydrogen-bond acceptors (Lipinski definition) is 8. The molecule has 1 aliphatic carbocycles. The second kappa shape index (κ2) is 11.9. The van der Waals surface area contributed by atoms with Crippen molar-refractivity contribution in [3.05, 3.63) is 47.8 Å². The summed E-state index contributed by atoms with van der Waals surface area (Å²) < 4.78 is 21.6. The fraction of sp³-hybridized carbons (Fsp3) is 0.517. The monoisotopic (exact) mass is 549 g/mol. The molecule has 1 saturated carbocycles. The number of nitrogens with zero attached hydrogens (tertiary/aromatic N) is 5. The van der Waals surface area contributed by atoms with Crippen LogP contribution < -0.4 is 10.6 Å². The van der Waals surface area contributed by atoms with Crippen molar-refractivity contribution in [2.75, 3.05) is 38.2 Å². The largest absolute Gasteiger partial charge is 0.387 e. The lowest BCUT2D eigenvalue weighted by Gasteiger charge is -2.39. The van der Waals surface area contributed by atoms with Crippen LogP contribution in [-0.2, 0) is 4.74 Å². The number of rotatable bonds is 8. The van der Waals surface area contributed by atoms with Crippen molar-refractivity contribution >= 4 is 17.1 Å². The second-order valence-electron chi connectivity index (χ2n) is 11.2. The average molecular weight is 550 g/mol. The average Bonchev–Trinajstić information content (AvgIpc) is 3.39. The molecule has 0 aromatic carbocycles. The lowest BCUT2D eigenvalue weighted by molar-refractivity contribution is -0.00177. The van der Waals surface area contributed by atoms with Crippen LogP contribution in [0.5, 0.6) is 0 Å². The van der Waals surface area contributed by atoms with E-state index in [9.17, 15) is 19.6 Å². The fourth-order valence-corrected chi connectivity index (χ4v) is 5.43. The smallest absolute Gasteiger partial charge is 0.255 e. The summed E-state index contributed by atoms with van der Waals surface area (Å²) in [6.45, 7) is 5.93. The molecule has 3 aromatic rings. The highest BCUT2D eigenvalue weighted by Gasteiger charge is 2.29. The number of aromatic nitrogens is 3. The van der Waals surface area contributed by atoms with Gasteiger partial charge < -0.3 is 20.5 Å². The Bertz CT molecular complexity index is 1380. The molecule has 3 aromatic heterocycles. The Kier molecular flexibility index (Phi) is 8.30. The van der Waals surface area contributed by atoms with Gasteiger partial charge in [0, 0.05) is 31.4 Å². The van der Waals surface area contributed by atoms with Gasteiger partial charge in [0.1, 0.15) is 12.2 Å². The highest BCUT2D eigenvalue weighted by molar-refractivity contribution is 6.00. The summed E-state index contributed by atoms with van der Waals surface area (Å²) in [6, 6.07) is 10.1. The van der Waals surface area contributed by atoms with Gasteiger partial charge in [0.15, 0.2) is 0 Å². The van der Waals surface area contributed by atoms with Crippen LogP contribution in [-0.4, -0.2) is 87.2 Å². The highest BCUT2D eigenvalue weighted by Crippen LogP contribution is 2.30. The van der Waals surface area contributed by atoms with Gasteiger partial charge in [0.05, 0.1) is 65.3 Å². The Hall–Kier alpha value is -3.59. The van der Waals surface area contributed by atoms with Gasteiger partial charge in [-0.3, -0.25) is 14.7 Å². The zero-order valence-corrected chi connectivity index (χ0v) is 22.9. The van der Waals surface area contributed by atoms with E-state index < -0.39 is 17.7 Å². The van der Waals surface area contributed by atoms with E-state index in [0.29, 0.717) is 28.6 Å². The summed E-state index contributed by atoms with van der Waals surface area (Å²) in [5.41, 5.74) is 1.90. The molecule has 1 atom stereocenters. The molecular formula is C29H36FN7O3. The number of ether oxygens (including phenoxy) is 1. The number of nitriles is 1. The Morgan fingerprint density at radius 1 is 1.23 bits per heavy atom. The van der Waals surface area contributed by atoms with Crippen molar-refractivity contribution in [3.8, 4) is 17.5 Å². The van der Waals surface area contributed by atoms with Gasteiger partial charge in [-0.2, -0.15) is 10.4 Å². The number of halogens is 1. The molecule has 1 saturated heterocycles. The third-order valence-corrected chi connectivity index (χ3v) is 7.87. The van der Waals surface area contributed by atoms with Crippen LogP contribution in [0.3, 0.4) is 0 Å². The van der Waals surface area contributed by atoms with Gasteiger partial charge in [-0.05, 0) is 63.8 Å². The standard InChI is InChI=1S/C29H36FN7O3/c1-29(2,39)27(30)18-33-28(38)23-17-32-25(26-8-7-22-13-19(15-31)16-34-37(22)26)14-24(23)35-20-3-5-21(6-4-20)36-9-11-40-12-10-36/h7-8,13-14,16-17,20-21,27,39H,3-6,9-12,18H2,1-2H3,(H,32,35)(H,33,38)/t20?,21?,27-/m1/s1. The maximum Gasteiger partial charge on any atom is 0.255 e. The van der Waals surface area contributed by atoms with E-state index >= 15 is 0 Å². The molecule has 10 nitrogen and oxygen atoms in total. The van der Waals surface area contributed by atoms with E-state index in [1.165, 1.54) is 26.2 Å². The van der Waals surface area contributed by atoms with Crippen LogP contribution in [0.4, 0.5) is 10.1 Å². The zero-order valence-electron chi connectivity index (χ0n) is 22.9. The van der Waals surface area contributed by atoms with Crippen molar-refractivity contribution < 1.29 is 19.0 Å². The number of morpholine rings is 1. The van der Waals surface area contributed by atoms with Crippen LogP contribution in [0.1, 0.15) is 55.5 Å². The number of hydrogen-bond donors (Lipinski definition) is 3.